The van der Waals surface area contributed by atoms with Crippen molar-refractivity contribution in [3.8, 4) is 5.75 Å². The molecule has 6 heteroatoms. The van der Waals surface area contributed by atoms with E-state index in [0.29, 0.717) is 37.4 Å². The molecule has 128 valence electrons. The van der Waals surface area contributed by atoms with E-state index in [1.54, 1.807) is 19.2 Å². The largest absolute Gasteiger partial charge is 0.497 e. The van der Waals surface area contributed by atoms with Gasteiger partial charge in [0, 0.05) is 37.2 Å². The van der Waals surface area contributed by atoms with E-state index < -0.39 is 0 Å². The summed E-state index contributed by atoms with van der Waals surface area (Å²) < 4.78 is 19.2. The number of halogens is 1. The lowest BCUT2D eigenvalue weighted by Gasteiger charge is -2.28. The molecule has 0 fully saturated rings. The molecule has 5 nitrogen and oxygen atoms in total. The lowest BCUT2D eigenvalue weighted by molar-refractivity contribution is 0.236. The number of aryl methyl sites for hydroxylation is 1. The van der Waals surface area contributed by atoms with Crippen LogP contribution in [-0.4, -0.2) is 28.5 Å². The number of rotatable bonds is 5. The van der Waals surface area contributed by atoms with Gasteiger partial charge in [-0.05, 0) is 31.0 Å². The molecule has 1 aromatic heterocycles. The highest BCUT2D eigenvalue weighted by atomic mass is 19.1. The van der Waals surface area contributed by atoms with Gasteiger partial charge < -0.3 is 9.72 Å². The lowest BCUT2D eigenvalue weighted by Crippen LogP contribution is -2.35. The van der Waals surface area contributed by atoms with E-state index in [0.717, 1.165) is 29.9 Å². The normalized spacial score (nSPS) is 14.5. The average Bonchev–Trinajstić information content (AvgIpc) is 2.57. The summed E-state index contributed by atoms with van der Waals surface area (Å²) in [6, 6.07) is 4.76. The van der Waals surface area contributed by atoms with Gasteiger partial charge in [-0.2, -0.15) is 0 Å². The highest BCUT2D eigenvalue weighted by Crippen LogP contribution is 2.21. The van der Waals surface area contributed by atoms with Gasteiger partial charge in [0.25, 0.3) is 5.56 Å². The van der Waals surface area contributed by atoms with Crippen LogP contribution in [0.1, 0.15) is 36.0 Å². The van der Waals surface area contributed by atoms with Crippen molar-refractivity contribution in [2.75, 3.05) is 13.7 Å². The van der Waals surface area contributed by atoms with Gasteiger partial charge in [0.05, 0.1) is 12.8 Å². The maximum atomic E-state index is 14.0. The van der Waals surface area contributed by atoms with Crippen molar-refractivity contribution in [3.05, 3.63) is 57.0 Å². The van der Waals surface area contributed by atoms with Crippen LogP contribution in [0, 0.1) is 5.82 Å². The summed E-state index contributed by atoms with van der Waals surface area (Å²) in [6.45, 7) is 3.80. The SMILES string of the molecule is CCCc1nc2c(c(=O)[nH]1)CCN(Cc1cc(OC)ccc1F)C2. The summed E-state index contributed by atoms with van der Waals surface area (Å²) in [5, 5.41) is 0. The van der Waals surface area contributed by atoms with Crippen LogP contribution in [-0.2, 0) is 25.9 Å². The zero-order valence-corrected chi connectivity index (χ0v) is 14.1. The Balaban J connectivity index is 1.81. The molecule has 0 aliphatic carbocycles. The second kappa shape index (κ2) is 7.13. The Morgan fingerprint density at radius 1 is 1.42 bits per heavy atom. The number of aromatic amines is 1. The summed E-state index contributed by atoms with van der Waals surface area (Å²) >= 11 is 0. The molecule has 0 spiro atoms. The number of ether oxygens (including phenoxy) is 1. The van der Waals surface area contributed by atoms with E-state index in [2.05, 4.69) is 21.8 Å². The standard InChI is InChI=1S/C18H22FN3O2/c1-3-4-17-20-16-11-22(8-7-14(16)18(23)21-17)10-12-9-13(24-2)5-6-15(12)19/h5-6,9H,3-4,7-8,10-11H2,1-2H3,(H,20,21,23). The Labute approximate surface area is 140 Å². The summed E-state index contributed by atoms with van der Waals surface area (Å²) in [7, 11) is 1.57. The molecule has 1 aliphatic rings. The number of H-pyrrole nitrogens is 1. The van der Waals surface area contributed by atoms with Crippen LogP contribution in [0.25, 0.3) is 0 Å². The van der Waals surface area contributed by atoms with Crippen molar-refractivity contribution in [3.63, 3.8) is 0 Å². The van der Waals surface area contributed by atoms with Crippen molar-refractivity contribution in [1.29, 1.82) is 0 Å². The topological polar surface area (TPSA) is 58.2 Å². The number of fused-ring (bicyclic) bond motifs is 1. The van der Waals surface area contributed by atoms with E-state index in [4.69, 9.17) is 4.74 Å². The van der Waals surface area contributed by atoms with Crippen LogP contribution in [0.4, 0.5) is 4.39 Å². The van der Waals surface area contributed by atoms with Crippen LogP contribution in [0.5, 0.6) is 5.75 Å². The van der Waals surface area contributed by atoms with E-state index in [1.807, 2.05) is 0 Å². The molecule has 1 aromatic carbocycles. The number of hydrogen-bond acceptors (Lipinski definition) is 4. The zero-order chi connectivity index (χ0) is 17.1. The molecule has 2 aromatic rings. The minimum absolute atomic E-state index is 0.0318. The Hall–Kier alpha value is -2.21. The Morgan fingerprint density at radius 2 is 2.25 bits per heavy atom. The Morgan fingerprint density at radius 3 is 3.00 bits per heavy atom. The third-order valence-electron chi connectivity index (χ3n) is 4.34. The zero-order valence-electron chi connectivity index (χ0n) is 14.1. The fourth-order valence-corrected chi connectivity index (χ4v) is 3.08. The smallest absolute Gasteiger partial charge is 0.254 e. The monoisotopic (exact) mass is 331 g/mol. The highest BCUT2D eigenvalue weighted by molar-refractivity contribution is 5.30. The van der Waals surface area contributed by atoms with Gasteiger partial charge >= 0.3 is 0 Å². The lowest BCUT2D eigenvalue weighted by atomic mass is 10.0. The first-order valence-corrected chi connectivity index (χ1v) is 8.26. The quantitative estimate of drug-likeness (QED) is 0.914. The minimum atomic E-state index is -0.243. The van der Waals surface area contributed by atoms with Gasteiger partial charge in [0.1, 0.15) is 17.4 Å². The average molecular weight is 331 g/mol. The van der Waals surface area contributed by atoms with Crippen LogP contribution in [0.3, 0.4) is 0 Å². The maximum absolute atomic E-state index is 14.0. The van der Waals surface area contributed by atoms with Crippen molar-refractivity contribution < 1.29 is 9.13 Å². The van der Waals surface area contributed by atoms with Crippen LogP contribution in [0.2, 0.25) is 0 Å². The molecule has 3 rings (SSSR count). The summed E-state index contributed by atoms with van der Waals surface area (Å²) in [5.74, 6) is 1.13. The number of aromatic nitrogens is 2. The van der Waals surface area contributed by atoms with Gasteiger partial charge in [-0.15, -0.1) is 0 Å². The van der Waals surface area contributed by atoms with E-state index in [9.17, 15) is 9.18 Å². The third-order valence-corrected chi connectivity index (χ3v) is 4.34. The summed E-state index contributed by atoms with van der Waals surface area (Å²) in [6.07, 6.45) is 2.32. The predicted octanol–water partition coefficient (Wildman–Crippen LogP) is 2.43. The van der Waals surface area contributed by atoms with Gasteiger partial charge in [0.2, 0.25) is 0 Å². The number of methoxy groups -OCH3 is 1. The fourth-order valence-electron chi connectivity index (χ4n) is 3.08. The Bertz CT molecular complexity index is 788. The molecule has 1 aliphatic heterocycles. The molecule has 0 saturated heterocycles. The fraction of sp³-hybridized carbons (Fsp3) is 0.444. The predicted molar refractivity (Wildman–Crippen MR) is 89.6 cm³/mol. The number of benzene rings is 1. The van der Waals surface area contributed by atoms with Crippen LogP contribution < -0.4 is 10.3 Å². The minimum Gasteiger partial charge on any atom is -0.497 e. The second-order valence-corrected chi connectivity index (χ2v) is 6.11. The molecule has 24 heavy (non-hydrogen) atoms. The maximum Gasteiger partial charge on any atom is 0.254 e. The molecule has 0 unspecified atom stereocenters. The molecular formula is C18H22FN3O2. The summed E-state index contributed by atoms with van der Waals surface area (Å²) in [5.41, 5.74) is 2.14. The van der Waals surface area contributed by atoms with Gasteiger partial charge in [-0.25, -0.2) is 9.37 Å². The van der Waals surface area contributed by atoms with Gasteiger partial charge in [-0.3, -0.25) is 9.69 Å². The van der Waals surface area contributed by atoms with Crippen molar-refractivity contribution in [1.82, 2.24) is 14.9 Å². The second-order valence-electron chi connectivity index (χ2n) is 6.11. The molecular weight excluding hydrogens is 309 g/mol. The third kappa shape index (κ3) is 3.48. The molecule has 0 amide bonds. The summed E-state index contributed by atoms with van der Waals surface area (Å²) in [4.78, 5) is 21.7. The number of nitrogens with zero attached hydrogens (tertiary/aromatic N) is 2. The molecule has 0 radical (unpaired) electrons. The molecule has 0 bridgehead atoms. The Kier molecular flexibility index (Phi) is 4.94. The molecule has 1 N–H and O–H groups in total. The van der Waals surface area contributed by atoms with Crippen LogP contribution in [0.15, 0.2) is 23.0 Å². The van der Waals surface area contributed by atoms with E-state index in [1.165, 1.54) is 6.07 Å². The molecule has 0 saturated carbocycles. The van der Waals surface area contributed by atoms with Gasteiger partial charge in [0.15, 0.2) is 0 Å². The van der Waals surface area contributed by atoms with Crippen molar-refractivity contribution in [2.24, 2.45) is 0 Å². The van der Waals surface area contributed by atoms with Crippen LogP contribution >= 0.6 is 0 Å². The van der Waals surface area contributed by atoms with E-state index >= 15 is 0 Å². The highest BCUT2D eigenvalue weighted by Gasteiger charge is 2.22. The van der Waals surface area contributed by atoms with E-state index in [-0.39, 0.29) is 11.4 Å². The first-order valence-electron chi connectivity index (χ1n) is 8.26. The number of nitrogens with one attached hydrogen (secondary N) is 1. The molecule has 2 heterocycles. The first-order chi connectivity index (χ1) is 11.6. The van der Waals surface area contributed by atoms with Crippen molar-refractivity contribution >= 4 is 0 Å². The number of hydrogen-bond donors (Lipinski definition) is 1. The molecule has 0 atom stereocenters. The van der Waals surface area contributed by atoms with Gasteiger partial charge in [-0.1, -0.05) is 6.92 Å². The van der Waals surface area contributed by atoms with Crippen molar-refractivity contribution in [2.45, 2.75) is 39.3 Å². The first kappa shape index (κ1) is 16.6.